The largest absolute Gasteiger partial charge is 0.327 e. The summed E-state index contributed by atoms with van der Waals surface area (Å²) in [5.74, 6) is -0.462. The summed E-state index contributed by atoms with van der Waals surface area (Å²) in [6, 6.07) is 7.51. The van der Waals surface area contributed by atoms with Crippen molar-refractivity contribution in [2.45, 2.75) is 26.9 Å². The molecule has 1 aromatic carbocycles. The number of amides is 2. The van der Waals surface area contributed by atoms with Gasteiger partial charge in [-0.1, -0.05) is 24.3 Å². The first-order valence-electron chi connectivity index (χ1n) is 8.42. The van der Waals surface area contributed by atoms with E-state index in [0.717, 1.165) is 11.1 Å². The van der Waals surface area contributed by atoms with Gasteiger partial charge in [-0.05, 0) is 37.1 Å². The number of nitrogens with zero attached hydrogens (tertiary/aromatic N) is 2. The van der Waals surface area contributed by atoms with Crippen molar-refractivity contribution in [1.82, 2.24) is 9.80 Å². The maximum atomic E-state index is 12.2. The minimum Gasteiger partial charge on any atom is -0.327 e. The Morgan fingerprint density at radius 3 is 1.62 bits per heavy atom. The molecule has 6 nitrogen and oxygen atoms in total. The van der Waals surface area contributed by atoms with Gasteiger partial charge in [-0.25, -0.2) is 0 Å². The second-order valence-corrected chi connectivity index (χ2v) is 6.73. The van der Waals surface area contributed by atoms with Gasteiger partial charge in [-0.15, -0.1) is 0 Å². The van der Waals surface area contributed by atoms with E-state index >= 15 is 0 Å². The topological polar surface area (TPSA) is 74.8 Å². The minimum absolute atomic E-state index is 0.0729. The van der Waals surface area contributed by atoms with Crippen LogP contribution in [0.25, 0.3) is 0 Å². The summed E-state index contributed by atoms with van der Waals surface area (Å²) < 4.78 is 0. The zero-order chi connectivity index (χ0) is 18.8. The molecular weight excluding hydrogens is 332 g/mol. The molecule has 2 heterocycles. The van der Waals surface area contributed by atoms with Crippen molar-refractivity contribution in [3.63, 3.8) is 0 Å². The Morgan fingerprint density at radius 2 is 1.19 bits per heavy atom. The Morgan fingerprint density at radius 1 is 0.769 bits per heavy atom. The lowest BCUT2D eigenvalue weighted by Crippen LogP contribution is -2.39. The smallest absolute Gasteiger partial charge is 0.250 e. The van der Waals surface area contributed by atoms with E-state index in [-0.39, 0.29) is 36.5 Å². The van der Waals surface area contributed by atoms with Crippen molar-refractivity contribution in [1.29, 1.82) is 0 Å². The number of ketones is 2. The monoisotopic (exact) mass is 352 g/mol. The molecular formula is C20H20N2O4. The summed E-state index contributed by atoms with van der Waals surface area (Å²) in [7, 11) is 0. The molecule has 26 heavy (non-hydrogen) atoms. The standard InChI is InChI=1S/C20H20N2O4/c1-13-6-17(23)11-21(19(13)25)9-15-4-3-5-16(8-15)10-22-12-18(24)7-14(2)20(22)26/h3-8H,9-12H2,1-2H3. The molecule has 0 spiro atoms. The molecule has 0 N–H and O–H groups in total. The van der Waals surface area contributed by atoms with Gasteiger partial charge in [0.25, 0.3) is 0 Å². The number of hydrogen-bond donors (Lipinski definition) is 0. The summed E-state index contributed by atoms with van der Waals surface area (Å²) >= 11 is 0. The maximum Gasteiger partial charge on any atom is 0.250 e. The molecule has 0 unspecified atom stereocenters. The molecule has 0 saturated carbocycles. The van der Waals surface area contributed by atoms with Gasteiger partial charge in [0.2, 0.25) is 11.8 Å². The van der Waals surface area contributed by atoms with E-state index in [0.29, 0.717) is 24.2 Å². The maximum absolute atomic E-state index is 12.2. The second-order valence-electron chi connectivity index (χ2n) is 6.73. The van der Waals surface area contributed by atoms with E-state index in [2.05, 4.69) is 0 Å². The molecule has 0 fully saturated rings. The average Bonchev–Trinajstić information content (AvgIpc) is 2.57. The van der Waals surface area contributed by atoms with Crippen molar-refractivity contribution in [3.8, 4) is 0 Å². The first-order valence-corrected chi connectivity index (χ1v) is 8.42. The van der Waals surface area contributed by atoms with Crippen LogP contribution in [0.3, 0.4) is 0 Å². The number of benzene rings is 1. The quantitative estimate of drug-likeness (QED) is 0.821. The van der Waals surface area contributed by atoms with Crippen molar-refractivity contribution in [2.75, 3.05) is 13.1 Å². The summed E-state index contributed by atoms with van der Waals surface area (Å²) in [5, 5.41) is 0. The van der Waals surface area contributed by atoms with Crippen LogP contribution < -0.4 is 0 Å². The highest BCUT2D eigenvalue weighted by atomic mass is 16.2. The summed E-state index contributed by atoms with van der Waals surface area (Å²) in [6.07, 6.45) is 2.76. The first kappa shape index (κ1) is 17.8. The zero-order valence-electron chi connectivity index (χ0n) is 14.8. The molecule has 0 radical (unpaired) electrons. The van der Waals surface area contributed by atoms with Crippen LogP contribution in [0.5, 0.6) is 0 Å². The Hall–Kier alpha value is -3.02. The van der Waals surface area contributed by atoms with Crippen molar-refractivity contribution in [3.05, 3.63) is 58.7 Å². The molecule has 0 bridgehead atoms. The first-order chi connectivity index (χ1) is 12.3. The van der Waals surface area contributed by atoms with Crippen LogP contribution in [0.15, 0.2) is 47.6 Å². The molecule has 0 saturated heterocycles. The van der Waals surface area contributed by atoms with E-state index in [1.807, 2.05) is 24.3 Å². The number of carbonyl (C=O) groups is 4. The molecule has 1 aromatic rings. The highest BCUT2D eigenvalue weighted by Crippen LogP contribution is 2.17. The van der Waals surface area contributed by atoms with Crippen LogP contribution in [0, 0.1) is 0 Å². The van der Waals surface area contributed by atoms with Crippen molar-refractivity contribution < 1.29 is 19.2 Å². The molecule has 0 aliphatic carbocycles. The van der Waals surface area contributed by atoms with Crippen LogP contribution >= 0.6 is 0 Å². The summed E-state index contributed by atoms with van der Waals surface area (Å²) in [6.45, 7) is 4.08. The fraction of sp³-hybridized carbons (Fsp3) is 0.300. The Balaban J connectivity index is 1.73. The van der Waals surface area contributed by atoms with E-state index in [4.69, 9.17) is 0 Å². The lowest BCUT2D eigenvalue weighted by molar-refractivity contribution is -0.133. The van der Waals surface area contributed by atoms with E-state index in [1.54, 1.807) is 13.8 Å². The highest BCUT2D eigenvalue weighted by molar-refractivity contribution is 6.08. The predicted molar refractivity (Wildman–Crippen MR) is 94.8 cm³/mol. The molecule has 6 heteroatoms. The Labute approximate surface area is 151 Å². The highest BCUT2D eigenvalue weighted by Gasteiger charge is 2.25. The van der Waals surface area contributed by atoms with Gasteiger partial charge in [-0.2, -0.15) is 0 Å². The van der Waals surface area contributed by atoms with Gasteiger partial charge < -0.3 is 9.80 Å². The van der Waals surface area contributed by atoms with Crippen LogP contribution in [0.2, 0.25) is 0 Å². The third-order valence-electron chi connectivity index (χ3n) is 4.44. The van der Waals surface area contributed by atoms with Crippen molar-refractivity contribution >= 4 is 23.4 Å². The summed E-state index contributed by atoms with van der Waals surface area (Å²) in [4.78, 5) is 50.8. The summed E-state index contributed by atoms with van der Waals surface area (Å²) in [5.41, 5.74) is 2.64. The predicted octanol–water partition coefficient (Wildman–Crippen LogP) is 1.40. The van der Waals surface area contributed by atoms with Crippen LogP contribution in [-0.2, 0) is 32.3 Å². The van der Waals surface area contributed by atoms with E-state index in [1.165, 1.54) is 22.0 Å². The fourth-order valence-electron chi connectivity index (χ4n) is 3.24. The zero-order valence-corrected chi connectivity index (χ0v) is 14.8. The van der Waals surface area contributed by atoms with Crippen molar-refractivity contribution in [2.24, 2.45) is 0 Å². The third-order valence-corrected chi connectivity index (χ3v) is 4.44. The van der Waals surface area contributed by atoms with Crippen LogP contribution in [0.1, 0.15) is 25.0 Å². The van der Waals surface area contributed by atoms with Gasteiger partial charge >= 0.3 is 0 Å². The SMILES string of the molecule is CC1=CC(=O)CN(Cc2cccc(CN3CC(=O)C=C(C)C3=O)c2)C1=O. The number of rotatable bonds is 4. The lowest BCUT2D eigenvalue weighted by Gasteiger charge is -2.27. The molecule has 0 atom stereocenters. The Bertz CT molecular complexity index is 799. The van der Waals surface area contributed by atoms with Gasteiger partial charge in [0.05, 0.1) is 13.1 Å². The Kier molecular flexibility index (Phi) is 4.84. The van der Waals surface area contributed by atoms with Crippen LogP contribution in [-0.4, -0.2) is 46.3 Å². The van der Waals surface area contributed by atoms with Crippen LogP contribution in [0.4, 0.5) is 0 Å². The minimum atomic E-state index is -0.146. The third kappa shape index (κ3) is 3.79. The van der Waals surface area contributed by atoms with E-state index in [9.17, 15) is 19.2 Å². The van der Waals surface area contributed by atoms with Gasteiger partial charge in [0, 0.05) is 24.2 Å². The fourth-order valence-corrected chi connectivity index (χ4v) is 3.24. The normalized spacial score (nSPS) is 18.2. The van der Waals surface area contributed by atoms with Gasteiger partial charge in [-0.3, -0.25) is 19.2 Å². The molecule has 2 aliphatic rings. The molecule has 2 amide bonds. The van der Waals surface area contributed by atoms with E-state index < -0.39 is 0 Å². The number of carbonyl (C=O) groups excluding carboxylic acids is 4. The number of hydrogen-bond acceptors (Lipinski definition) is 4. The molecule has 2 aliphatic heterocycles. The van der Waals surface area contributed by atoms with Gasteiger partial charge in [0.1, 0.15) is 0 Å². The lowest BCUT2D eigenvalue weighted by atomic mass is 10.1. The second kappa shape index (κ2) is 7.07. The molecule has 3 rings (SSSR count). The molecule has 134 valence electrons. The molecule has 0 aromatic heterocycles. The average molecular weight is 352 g/mol. The van der Waals surface area contributed by atoms with Gasteiger partial charge in [0.15, 0.2) is 11.6 Å².